The minimum absolute atomic E-state index is 0.139. The fourth-order valence-electron chi connectivity index (χ4n) is 1.58. The maximum absolute atomic E-state index is 12.3. The topological polar surface area (TPSA) is 113 Å². The summed E-state index contributed by atoms with van der Waals surface area (Å²) in [7, 11) is -5.97. The summed E-state index contributed by atoms with van der Waals surface area (Å²) in [5.41, 5.74) is 0.848. The van der Waals surface area contributed by atoms with E-state index in [2.05, 4.69) is 4.18 Å². The van der Waals surface area contributed by atoms with Crippen LogP contribution in [0.1, 0.15) is 12.5 Å². The lowest BCUT2D eigenvalue weighted by atomic mass is 10.2. The molecule has 1 atom stereocenters. The fourth-order valence-corrected chi connectivity index (χ4v) is 3.25. The highest BCUT2D eigenvalue weighted by molar-refractivity contribution is 7.86. The first-order chi connectivity index (χ1) is 10.7. The van der Waals surface area contributed by atoms with Gasteiger partial charge in [0.1, 0.15) is 14.1 Å². The molecule has 136 valence electrons. The first-order valence-corrected chi connectivity index (χ1v) is 9.87. The molecule has 1 rings (SSSR count). The van der Waals surface area contributed by atoms with Crippen LogP contribution in [-0.4, -0.2) is 54.2 Å². The zero-order valence-corrected chi connectivity index (χ0v) is 15.5. The number of hydrogen-bond acceptors (Lipinski definition) is 8. The molecule has 0 aliphatic carbocycles. The van der Waals surface area contributed by atoms with Crippen LogP contribution in [0.3, 0.4) is 0 Å². The normalized spacial score (nSPS) is 14.2. The van der Waals surface area contributed by atoms with Crippen LogP contribution in [-0.2, 0) is 38.2 Å². The molecule has 9 nitrogen and oxygen atoms in total. The predicted molar refractivity (Wildman–Crippen MR) is 83.0 cm³/mol. The van der Waals surface area contributed by atoms with Gasteiger partial charge in [0.25, 0.3) is 10.1 Å². The summed E-state index contributed by atoms with van der Waals surface area (Å²) >= 11 is 0. The molecule has 0 saturated heterocycles. The zero-order valence-electron chi connectivity index (χ0n) is 13.9. The number of benzene rings is 1. The second kappa shape index (κ2) is 7.15. The van der Waals surface area contributed by atoms with Crippen LogP contribution in [0.15, 0.2) is 29.2 Å². The minimum atomic E-state index is -4.27. The van der Waals surface area contributed by atoms with E-state index in [-0.39, 0.29) is 4.90 Å². The van der Waals surface area contributed by atoms with Crippen LogP contribution in [0, 0.1) is 6.92 Å². The molecule has 0 aliphatic rings. The molecule has 0 spiro atoms. The van der Waals surface area contributed by atoms with Gasteiger partial charge in [-0.3, -0.25) is 4.79 Å². The lowest BCUT2D eigenvalue weighted by molar-refractivity contribution is -1.10. The van der Waals surface area contributed by atoms with Gasteiger partial charge >= 0.3 is 22.5 Å². The van der Waals surface area contributed by atoms with Gasteiger partial charge in [-0.15, -0.1) is 4.65 Å². The third kappa shape index (κ3) is 6.17. The lowest BCUT2D eigenvalue weighted by Crippen LogP contribution is -2.53. The standard InChI is InChI=1S/C13H20NO8S2/c1-10-6-8-12(9-7-10)24(18,19)22-14(3,4)13(20-11(2)15)21-23(5,16)17/h6-9,13H,1-5H3/q+1. The fraction of sp³-hybridized carbons (Fsp3) is 0.462. The molecule has 0 N–H and O–H groups in total. The highest BCUT2D eigenvalue weighted by Gasteiger charge is 2.42. The molecule has 0 bridgehead atoms. The molecule has 0 amide bonds. The zero-order chi connectivity index (χ0) is 18.8. The van der Waals surface area contributed by atoms with E-state index in [4.69, 9.17) is 9.02 Å². The van der Waals surface area contributed by atoms with Gasteiger partial charge in [0, 0.05) is 6.92 Å². The average molecular weight is 382 g/mol. The molecule has 1 aromatic rings. The number of carbonyl (C=O) groups is 1. The molecule has 1 unspecified atom stereocenters. The van der Waals surface area contributed by atoms with E-state index in [1.807, 2.05) is 0 Å². The van der Waals surface area contributed by atoms with Crippen LogP contribution < -0.4 is 0 Å². The van der Waals surface area contributed by atoms with E-state index >= 15 is 0 Å². The van der Waals surface area contributed by atoms with E-state index in [1.54, 1.807) is 19.1 Å². The Morgan fingerprint density at radius 2 is 1.58 bits per heavy atom. The molecule has 0 fully saturated rings. The molecule has 1 aromatic carbocycles. The summed E-state index contributed by atoms with van der Waals surface area (Å²) < 4.78 is 60.6. The van der Waals surface area contributed by atoms with Crippen molar-refractivity contribution < 1.29 is 39.5 Å². The monoisotopic (exact) mass is 382 g/mol. The number of aryl methyl sites for hydroxylation is 1. The number of hydroxylamine groups is 3. The highest BCUT2D eigenvalue weighted by atomic mass is 32.2. The Morgan fingerprint density at radius 3 is 2.00 bits per heavy atom. The second-order valence-electron chi connectivity index (χ2n) is 5.49. The number of hydrogen-bond donors (Lipinski definition) is 0. The molecule has 0 radical (unpaired) electrons. The van der Waals surface area contributed by atoms with E-state index in [0.29, 0.717) is 0 Å². The van der Waals surface area contributed by atoms with Crippen LogP contribution in [0.4, 0.5) is 0 Å². The van der Waals surface area contributed by atoms with Gasteiger partial charge in [-0.1, -0.05) is 22.0 Å². The molecule has 0 aromatic heterocycles. The summed E-state index contributed by atoms with van der Waals surface area (Å²) in [4.78, 5) is 11.0. The quantitative estimate of drug-likeness (QED) is 0.220. The Hall–Kier alpha value is -1.53. The van der Waals surface area contributed by atoms with Crippen molar-refractivity contribution in [2.45, 2.75) is 25.2 Å². The maximum atomic E-state index is 12.3. The first-order valence-electron chi connectivity index (χ1n) is 6.65. The van der Waals surface area contributed by atoms with Crippen LogP contribution in [0.5, 0.6) is 0 Å². The summed E-state index contributed by atoms with van der Waals surface area (Å²) in [6.45, 7) is 2.81. The van der Waals surface area contributed by atoms with Crippen molar-refractivity contribution in [1.29, 1.82) is 0 Å². The predicted octanol–water partition coefficient (Wildman–Crippen LogP) is 0.515. The van der Waals surface area contributed by atoms with Crippen LogP contribution in [0.25, 0.3) is 0 Å². The number of ether oxygens (including phenoxy) is 1. The number of quaternary nitrogens is 1. The van der Waals surface area contributed by atoms with Crippen molar-refractivity contribution in [2.75, 3.05) is 20.4 Å². The van der Waals surface area contributed by atoms with Gasteiger partial charge in [-0.2, -0.15) is 21.0 Å². The Labute approximate surface area is 141 Å². The number of nitrogens with zero attached hydrogens (tertiary/aromatic N) is 1. The SMILES string of the molecule is CC(=O)OC(OS(C)(=O)=O)[N+](C)(C)OS(=O)(=O)c1ccc(C)cc1. The number of carbonyl (C=O) groups excluding carboxylic acids is 1. The Kier molecular flexibility index (Phi) is 6.11. The largest absolute Gasteiger partial charge is 0.399 e. The lowest BCUT2D eigenvalue weighted by Gasteiger charge is -2.30. The van der Waals surface area contributed by atoms with Crippen molar-refractivity contribution >= 4 is 26.2 Å². The third-order valence-electron chi connectivity index (χ3n) is 2.63. The van der Waals surface area contributed by atoms with Crippen LogP contribution >= 0.6 is 0 Å². The van der Waals surface area contributed by atoms with Crippen molar-refractivity contribution in [3.8, 4) is 0 Å². The molecular formula is C13H20NO8S2+. The molecular weight excluding hydrogens is 362 g/mol. The summed E-state index contributed by atoms with van der Waals surface area (Å²) in [5, 5.41) is 0. The molecule has 0 saturated carbocycles. The Bertz CT molecular complexity index is 797. The third-order valence-corrected chi connectivity index (χ3v) is 4.58. The second-order valence-corrected chi connectivity index (χ2v) is 8.62. The summed E-state index contributed by atoms with van der Waals surface area (Å²) in [5.74, 6) is -0.869. The van der Waals surface area contributed by atoms with Crippen LogP contribution in [0.2, 0.25) is 0 Å². The van der Waals surface area contributed by atoms with Crippen molar-refractivity contribution in [3.05, 3.63) is 29.8 Å². The van der Waals surface area contributed by atoms with Crippen molar-refractivity contribution in [3.63, 3.8) is 0 Å². The smallest absolute Gasteiger partial charge is 0.384 e. The first kappa shape index (κ1) is 20.5. The van der Waals surface area contributed by atoms with E-state index < -0.39 is 37.3 Å². The van der Waals surface area contributed by atoms with Gasteiger partial charge < -0.3 is 4.74 Å². The summed E-state index contributed by atoms with van der Waals surface area (Å²) in [6, 6.07) is 5.82. The average Bonchev–Trinajstić information content (AvgIpc) is 2.35. The van der Waals surface area contributed by atoms with Gasteiger partial charge in [0.05, 0.1) is 11.2 Å². The number of rotatable bonds is 7. The number of esters is 1. The Balaban J connectivity index is 3.14. The summed E-state index contributed by atoms with van der Waals surface area (Å²) in [6.07, 6.45) is -1.10. The maximum Gasteiger partial charge on any atom is 0.399 e. The van der Waals surface area contributed by atoms with Gasteiger partial charge in [0.15, 0.2) is 0 Å². The van der Waals surface area contributed by atoms with E-state index in [1.165, 1.54) is 26.2 Å². The Morgan fingerprint density at radius 1 is 1.08 bits per heavy atom. The molecule has 24 heavy (non-hydrogen) atoms. The van der Waals surface area contributed by atoms with E-state index in [9.17, 15) is 21.6 Å². The van der Waals surface area contributed by atoms with Gasteiger partial charge in [-0.25, -0.2) is 0 Å². The highest BCUT2D eigenvalue weighted by Crippen LogP contribution is 2.21. The van der Waals surface area contributed by atoms with Gasteiger partial charge in [0.2, 0.25) is 0 Å². The molecule has 0 heterocycles. The minimum Gasteiger partial charge on any atom is -0.384 e. The van der Waals surface area contributed by atoms with Gasteiger partial charge in [-0.05, 0) is 19.1 Å². The molecule has 11 heteroatoms. The molecule has 0 aliphatic heterocycles. The van der Waals surface area contributed by atoms with Crippen molar-refractivity contribution in [1.82, 2.24) is 0 Å². The van der Waals surface area contributed by atoms with Crippen molar-refractivity contribution in [2.24, 2.45) is 0 Å². The van der Waals surface area contributed by atoms with E-state index in [0.717, 1.165) is 18.7 Å².